The lowest BCUT2D eigenvalue weighted by Crippen LogP contribution is -2.34. The van der Waals surface area contributed by atoms with E-state index in [9.17, 15) is 5.11 Å². The maximum atomic E-state index is 10.0. The summed E-state index contributed by atoms with van der Waals surface area (Å²) in [5, 5.41) is 13.9. The summed E-state index contributed by atoms with van der Waals surface area (Å²) < 4.78 is 7.86. The molecule has 1 atom stereocenters. The average molecular weight is 502 g/mol. The largest absolute Gasteiger partial charge is 0.491 e. The molecule has 1 aromatic carbocycles. The Balaban J connectivity index is 1.55. The van der Waals surface area contributed by atoms with Crippen LogP contribution in [0.25, 0.3) is 33.7 Å². The monoisotopic (exact) mass is 501 g/mol. The van der Waals surface area contributed by atoms with Crippen molar-refractivity contribution in [2.24, 2.45) is 7.05 Å². The fourth-order valence-corrected chi connectivity index (χ4v) is 5.07. The van der Waals surface area contributed by atoms with Crippen molar-refractivity contribution < 1.29 is 9.84 Å². The van der Waals surface area contributed by atoms with Crippen LogP contribution in [-0.2, 0) is 7.05 Å². The van der Waals surface area contributed by atoms with Crippen molar-refractivity contribution in [2.45, 2.75) is 44.2 Å². The highest BCUT2D eigenvalue weighted by atomic mass is 16.5. The lowest BCUT2D eigenvalue weighted by atomic mass is 9.94. The molecule has 0 spiro atoms. The van der Waals surface area contributed by atoms with Gasteiger partial charge in [0.2, 0.25) is 0 Å². The molecule has 37 heavy (non-hydrogen) atoms. The van der Waals surface area contributed by atoms with E-state index in [0.717, 1.165) is 33.7 Å². The molecule has 1 saturated carbocycles. The number of nitrogens with zero attached hydrogens (tertiary/aromatic N) is 6. The minimum atomic E-state index is -0.586. The first-order chi connectivity index (χ1) is 18.0. The van der Waals surface area contributed by atoms with Gasteiger partial charge in [-0.15, -0.1) is 0 Å². The van der Waals surface area contributed by atoms with Gasteiger partial charge in [0.15, 0.2) is 5.82 Å². The molecule has 0 saturated heterocycles. The van der Waals surface area contributed by atoms with E-state index in [1.54, 1.807) is 13.4 Å². The predicted molar refractivity (Wildman–Crippen MR) is 146 cm³/mol. The summed E-state index contributed by atoms with van der Waals surface area (Å²) in [5.74, 6) is 2.20. The third-order valence-electron chi connectivity index (χ3n) is 7.08. The molecule has 1 aliphatic carbocycles. The van der Waals surface area contributed by atoms with E-state index < -0.39 is 6.10 Å². The zero-order chi connectivity index (χ0) is 25.8. The first-order valence-electron chi connectivity index (χ1n) is 13.0. The second-order valence-corrected chi connectivity index (χ2v) is 9.80. The van der Waals surface area contributed by atoms with Crippen LogP contribution in [0.4, 0.5) is 5.82 Å². The first-order valence-corrected chi connectivity index (χ1v) is 13.0. The fraction of sp³-hybridized carbons (Fsp3) is 0.429. The maximum Gasteiger partial charge on any atom is 0.162 e. The van der Waals surface area contributed by atoms with Crippen LogP contribution in [0.5, 0.6) is 5.75 Å². The van der Waals surface area contributed by atoms with Crippen LogP contribution < -0.4 is 15.0 Å². The van der Waals surface area contributed by atoms with Gasteiger partial charge in [-0.05, 0) is 32.0 Å². The molecular weight excluding hydrogens is 466 g/mol. The van der Waals surface area contributed by atoms with Crippen LogP contribution in [0.2, 0.25) is 0 Å². The van der Waals surface area contributed by atoms with Crippen molar-refractivity contribution in [2.75, 3.05) is 32.1 Å². The number of benzene rings is 1. The minimum Gasteiger partial charge on any atom is -0.491 e. The third-order valence-corrected chi connectivity index (χ3v) is 7.08. The number of fused-ring (bicyclic) bond motifs is 1. The predicted octanol–water partition coefficient (Wildman–Crippen LogP) is 3.82. The van der Waals surface area contributed by atoms with Gasteiger partial charge >= 0.3 is 0 Å². The summed E-state index contributed by atoms with van der Waals surface area (Å²) in [7, 11) is 5.93. The molecule has 4 aromatic rings. The van der Waals surface area contributed by atoms with E-state index in [0.29, 0.717) is 24.2 Å². The van der Waals surface area contributed by atoms with E-state index in [-0.39, 0.29) is 6.61 Å². The SMILES string of the molecule is CNCC(O)COc1cccc(-c2nc(-c3cn(C)c4ncncc34)cc(N(C)C3CCCCC3)n2)c1. The van der Waals surface area contributed by atoms with Gasteiger partial charge in [-0.2, -0.15) is 0 Å². The van der Waals surface area contributed by atoms with Crippen molar-refractivity contribution in [3.05, 3.63) is 49.1 Å². The molecule has 2 N–H and O–H groups in total. The van der Waals surface area contributed by atoms with Crippen LogP contribution in [0.3, 0.4) is 0 Å². The highest BCUT2D eigenvalue weighted by Gasteiger charge is 2.22. The van der Waals surface area contributed by atoms with Crippen LogP contribution >= 0.6 is 0 Å². The van der Waals surface area contributed by atoms with E-state index in [1.807, 2.05) is 42.1 Å². The summed E-state index contributed by atoms with van der Waals surface area (Å²) in [5.41, 5.74) is 3.53. The molecule has 3 aromatic heterocycles. The molecule has 0 bridgehead atoms. The number of hydrogen-bond acceptors (Lipinski definition) is 8. The van der Waals surface area contributed by atoms with Crippen molar-refractivity contribution in [3.63, 3.8) is 0 Å². The topological polar surface area (TPSA) is 101 Å². The van der Waals surface area contributed by atoms with Gasteiger partial charge < -0.3 is 24.6 Å². The van der Waals surface area contributed by atoms with Gasteiger partial charge in [-0.1, -0.05) is 31.4 Å². The Labute approximate surface area is 217 Å². The third kappa shape index (κ3) is 5.57. The molecule has 1 fully saturated rings. The van der Waals surface area contributed by atoms with Crippen LogP contribution in [0, 0.1) is 0 Å². The van der Waals surface area contributed by atoms with E-state index in [2.05, 4.69) is 39.5 Å². The zero-order valence-corrected chi connectivity index (χ0v) is 21.8. The number of nitrogens with one attached hydrogen (secondary N) is 1. The average Bonchev–Trinajstić information content (AvgIpc) is 3.28. The van der Waals surface area contributed by atoms with Crippen molar-refractivity contribution in [1.82, 2.24) is 29.8 Å². The van der Waals surface area contributed by atoms with Crippen molar-refractivity contribution >= 4 is 16.9 Å². The number of hydrogen-bond donors (Lipinski definition) is 2. The van der Waals surface area contributed by atoms with Crippen molar-refractivity contribution in [3.8, 4) is 28.4 Å². The Morgan fingerprint density at radius 3 is 2.84 bits per heavy atom. The zero-order valence-electron chi connectivity index (χ0n) is 21.8. The molecule has 9 nitrogen and oxygen atoms in total. The van der Waals surface area contributed by atoms with Gasteiger partial charge in [0.1, 0.15) is 36.3 Å². The van der Waals surface area contributed by atoms with Gasteiger partial charge in [-0.25, -0.2) is 19.9 Å². The van der Waals surface area contributed by atoms with Gasteiger partial charge in [0, 0.05) is 61.7 Å². The highest BCUT2D eigenvalue weighted by Crippen LogP contribution is 2.33. The summed E-state index contributed by atoms with van der Waals surface area (Å²) in [6, 6.07) is 10.3. The Morgan fingerprint density at radius 1 is 1.19 bits per heavy atom. The molecule has 5 rings (SSSR count). The molecule has 194 valence electrons. The fourth-order valence-electron chi connectivity index (χ4n) is 5.07. The maximum absolute atomic E-state index is 10.0. The second kappa shape index (κ2) is 11.2. The molecule has 0 amide bonds. The Kier molecular flexibility index (Phi) is 7.62. The number of anilines is 1. The summed E-state index contributed by atoms with van der Waals surface area (Å²) in [4.78, 5) is 21.1. The molecule has 9 heteroatoms. The molecule has 0 aliphatic heterocycles. The molecule has 1 aliphatic rings. The normalized spacial score (nSPS) is 15.1. The second-order valence-electron chi connectivity index (χ2n) is 9.80. The molecular formula is C28H35N7O2. The lowest BCUT2D eigenvalue weighted by Gasteiger charge is -2.32. The van der Waals surface area contributed by atoms with E-state index in [4.69, 9.17) is 14.7 Å². The van der Waals surface area contributed by atoms with Gasteiger partial charge in [0.25, 0.3) is 0 Å². The van der Waals surface area contributed by atoms with Crippen LogP contribution in [0.15, 0.2) is 49.1 Å². The van der Waals surface area contributed by atoms with Crippen LogP contribution in [-0.4, -0.2) is 69.0 Å². The number of ether oxygens (including phenoxy) is 1. The number of likely N-dealkylation sites (N-methyl/N-ethyl adjacent to an activating group) is 1. The van der Waals surface area contributed by atoms with E-state index in [1.165, 1.54) is 32.1 Å². The number of aromatic nitrogens is 5. The minimum absolute atomic E-state index is 0.205. The highest BCUT2D eigenvalue weighted by molar-refractivity contribution is 5.93. The molecule has 3 heterocycles. The molecule has 1 unspecified atom stereocenters. The summed E-state index contributed by atoms with van der Waals surface area (Å²) >= 11 is 0. The van der Waals surface area contributed by atoms with Gasteiger partial charge in [-0.3, -0.25) is 0 Å². The summed E-state index contributed by atoms with van der Waals surface area (Å²) in [6.45, 7) is 0.674. The van der Waals surface area contributed by atoms with E-state index >= 15 is 0 Å². The summed E-state index contributed by atoms with van der Waals surface area (Å²) in [6.07, 6.45) is 11.0. The Bertz CT molecular complexity index is 1350. The molecule has 0 radical (unpaired) electrons. The standard InChI is InChI=1S/C28H35N7O2/c1-29-14-21(36)17-37-22-11-7-8-19(12-22)27-32-25(24-16-34(2)28-23(24)15-30-18-31-28)13-26(33-27)35(3)20-9-5-4-6-10-20/h7-8,11-13,15-16,18,20-21,29,36H,4-6,9-10,14,17H2,1-3H3. The van der Waals surface area contributed by atoms with Crippen LogP contribution in [0.1, 0.15) is 32.1 Å². The number of aliphatic hydroxyl groups is 1. The first kappa shape index (κ1) is 25.1. The number of rotatable bonds is 9. The smallest absolute Gasteiger partial charge is 0.162 e. The number of aryl methyl sites for hydroxylation is 1. The quantitative estimate of drug-likeness (QED) is 0.357. The lowest BCUT2D eigenvalue weighted by molar-refractivity contribution is 0.108. The van der Waals surface area contributed by atoms with Gasteiger partial charge in [0.05, 0.1) is 5.69 Å². The Hall–Kier alpha value is -3.56. The Morgan fingerprint density at radius 2 is 2.03 bits per heavy atom. The van der Waals surface area contributed by atoms with Crippen molar-refractivity contribution in [1.29, 1.82) is 0 Å². The number of aliphatic hydroxyl groups excluding tert-OH is 1.